The summed E-state index contributed by atoms with van der Waals surface area (Å²) < 4.78 is 23.5. The zero-order valence-electron chi connectivity index (χ0n) is 17.4. The van der Waals surface area contributed by atoms with Crippen LogP contribution in [0.25, 0.3) is 5.57 Å². The van der Waals surface area contributed by atoms with Crippen LogP contribution < -0.4 is 5.32 Å². The van der Waals surface area contributed by atoms with Crippen LogP contribution >= 0.6 is 0 Å². The van der Waals surface area contributed by atoms with E-state index in [-0.39, 0.29) is 16.6 Å². The summed E-state index contributed by atoms with van der Waals surface area (Å²) in [6.45, 7) is 3.22. The van der Waals surface area contributed by atoms with Crippen LogP contribution in [0.1, 0.15) is 50.8 Å². The number of amides is 1. The maximum Gasteiger partial charge on any atom is 0.257 e. The molecule has 160 valence electrons. The van der Waals surface area contributed by atoms with E-state index in [9.17, 15) is 18.3 Å². The Hall–Kier alpha value is -2.58. The number of aromatic nitrogens is 2. The summed E-state index contributed by atoms with van der Waals surface area (Å²) in [5.41, 5.74) is 0.409. The number of aliphatic hydroxyl groups is 1. The third-order valence-corrected chi connectivity index (χ3v) is 6.29. The SMILES string of the molecule is CC(C)(O)c1cnc(NC(=O)/C(=C/C2CCCC2)c2ccc(S(C)(=O)=O)cc2)cn1. The zero-order chi connectivity index (χ0) is 21.9. The first kappa shape index (κ1) is 22.1. The van der Waals surface area contributed by atoms with Crippen LogP contribution in [-0.2, 0) is 20.2 Å². The lowest BCUT2D eigenvalue weighted by Gasteiger charge is -2.16. The lowest BCUT2D eigenvalue weighted by Crippen LogP contribution is -2.19. The van der Waals surface area contributed by atoms with Crippen molar-refractivity contribution in [2.24, 2.45) is 5.92 Å². The van der Waals surface area contributed by atoms with E-state index in [0.29, 0.717) is 22.7 Å². The van der Waals surface area contributed by atoms with Gasteiger partial charge < -0.3 is 10.4 Å². The molecule has 1 aliphatic carbocycles. The van der Waals surface area contributed by atoms with E-state index >= 15 is 0 Å². The standard InChI is InChI=1S/C22H27N3O4S/c1-22(2,27)19-13-24-20(14-23-19)25-21(26)18(12-15-6-4-5-7-15)16-8-10-17(11-9-16)30(3,28)29/h8-15,27H,4-7H2,1-3H3,(H,24,25,26)/b18-12+. The minimum absolute atomic E-state index is 0.208. The third kappa shape index (κ3) is 5.52. The van der Waals surface area contributed by atoms with Gasteiger partial charge in [-0.25, -0.2) is 13.4 Å². The molecule has 3 rings (SSSR count). The number of hydrogen-bond acceptors (Lipinski definition) is 6. The van der Waals surface area contributed by atoms with Crippen molar-refractivity contribution < 1.29 is 18.3 Å². The molecule has 2 aromatic rings. The van der Waals surface area contributed by atoms with Gasteiger partial charge in [-0.1, -0.05) is 31.1 Å². The van der Waals surface area contributed by atoms with E-state index in [1.165, 1.54) is 24.5 Å². The Morgan fingerprint density at radius 3 is 2.27 bits per heavy atom. The Bertz CT molecular complexity index is 1030. The molecule has 7 nitrogen and oxygen atoms in total. The summed E-state index contributed by atoms with van der Waals surface area (Å²) in [7, 11) is -3.31. The minimum Gasteiger partial charge on any atom is -0.384 e. The van der Waals surface area contributed by atoms with Gasteiger partial charge in [-0.15, -0.1) is 0 Å². The van der Waals surface area contributed by atoms with Crippen molar-refractivity contribution in [1.82, 2.24) is 9.97 Å². The van der Waals surface area contributed by atoms with Crippen molar-refractivity contribution >= 4 is 27.1 Å². The molecule has 1 aromatic carbocycles. The highest BCUT2D eigenvalue weighted by Gasteiger charge is 2.21. The number of benzene rings is 1. The minimum atomic E-state index is -3.31. The van der Waals surface area contributed by atoms with Crippen LogP contribution in [0.2, 0.25) is 0 Å². The van der Waals surface area contributed by atoms with Crippen molar-refractivity contribution in [3.05, 3.63) is 54.0 Å². The van der Waals surface area contributed by atoms with Crippen LogP contribution in [-0.4, -0.2) is 35.7 Å². The number of nitrogens with one attached hydrogen (secondary N) is 1. The molecule has 1 fully saturated rings. The quantitative estimate of drug-likeness (QED) is 0.682. The predicted molar refractivity (Wildman–Crippen MR) is 115 cm³/mol. The zero-order valence-corrected chi connectivity index (χ0v) is 18.2. The normalized spacial score (nSPS) is 15.9. The molecule has 0 saturated heterocycles. The second kappa shape index (κ2) is 8.65. The van der Waals surface area contributed by atoms with Crippen LogP contribution in [0.3, 0.4) is 0 Å². The summed E-state index contributed by atoms with van der Waals surface area (Å²) in [5, 5.41) is 12.8. The fourth-order valence-electron chi connectivity index (χ4n) is 3.44. The number of carbonyl (C=O) groups excluding carboxylic acids is 1. The van der Waals surface area contributed by atoms with E-state index in [4.69, 9.17) is 0 Å². The van der Waals surface area contributed by atoms with Crippen molar-refractivity contribution in [1.29, 1.82) is 0 Å². The van der Waals surface area contributed by atoms with Crippen LogP contribution in [0, 0.1) is 5.92 Å². The molecule has 0 aliphatic heterocycles. The Balaban J connectivity index is 1.87. The molecule has 1 aromatic heterocycles. The van der Waals surface area contributed by atoms with Crippen molar-refractivity contribution in [3.63, 3.8) is 0 Å². The summed E-state index contributed by atoms with van der Waals surface area (Å²) in [6.07, 6.45) is 10.3. The molecule has 1 aliphatic rings. The molecule has 30 heavy (non-hydrogen) atoms. The van der Waals surface area contributed by atoms with Gasteiger partial charge in [-0.3, -0.25) is 9.78 Å². The second-order valence-electron chi connectivity index (χ2n) is 8.22. The van der Waals surface area contributed by atoms with Gasteiger partial charge in [0.1, 0.15) is 5.60 Å². The average molecular weight is 430 g/mol. The first-order valence-corrected chi connectivity index (χ1v) is 11.8. The Kier molecular flexibility index (Phi) is 6.38. The number of nitrogens with zero attached hydrogens (tertiary/aromatic N) is 2. The van der Waals surface area contributed by atoms with Gasteiger partial charge in [-0.2, -0.15) is 0 Å². The lowest BCUT2D eigenvalue weighted by atomic mass is 9.98. The summed E-state index contributed by atoms with van der Waals surface area (Å²) in [5.74, 6) is 0.251. The molecule has 0 radical (unpaired) electrons. The topological polar surface area (TPSA) is 109 Å². The monoisotopic (exact) mass is 429 g/mol. The molecule has 1 amide bonds. The maximum atomic E-state index is 13.0. The van der Waals surface area contributed by atoms with Crippen LogP contribution in [0.15, 0.2) is 47.6 Å². The van der Waals surface area contributed by atoms with E-state index < -0.39 is 15.4 Å². The molecular formula is C22H27N3O4S. The van der Waals surface area contributed by atoms with Crippen molar-refractivity contribution in [2.75, 3.05) is 11.6 Å². The first-order valence-electron chi connectivity index (χ1n) is 9.92. The smallest absolute Gasteiger partial charge is 0.257 e. The van der Waals surface area contributed by atoms with Gasteiger partial charge in [-0.05, 0) is 50.3 Å². The van der Waals surface area contributed by atoms with E-state index in [2.05, 4.69) is 15.3 Å². The van der Waals surface area contributed by atoms with Gasteiger partial charge in [0, 0.05) is 11.8 Å². The predicted octanol–water partition coefficient (Wildman–Crippen LogP) is 3.32. The lowest BCUT2D eigenvalue weighted by molar-refractivity contribution is -0.111. The average Bonchev–Trinajstić information content (AvgIpc) is 3.18. The maximum absolute atomic E-state index is 13.0. The highest BCUT2D eigenvalue weighted by Crippen LogP contribution is 2.30. The van der Waals surface area contributed by atoms with E-state index in [0.717, 1.165) is 31.9 Å². The third-order valence-electron chi connectivity index (χ3n) is 5.16. The molecule has 0 spiro atoms. The molecule has 0 bridgehead atoms. The Morgan fingerprint density at radius 2 is 1.77 bits per heavy atom. The molecule has 1 heterocycles. The molecule has 8 heteroatoms. The molecular weight excluding hydrogens is 402 g/mol. The number of hydrogen-bond donors (Lipinski definition) is 2. The van der Waals surface area contributed by atoms with Gasteiger partial charge in [0.2, 0.25) is 0 Å². The summed E-state index contributed by atoms with van der Waals surface area (Å²) >= 11 is 0. The number of anilines is 1. The van der Waals surface area contributed by atoms with Gasteiger partial charge in [0.25, 0.3) is 5.91 Å². The Morgan fingerprint density at radius 1 is 1.13 bits per heavy atom. The fraction of sp³-hybridized carbons (Fsp3) is 0.409. The molecule has 2 N–H and O–H groups in total. The number of allylic oxidation sites excluding steroid dienone is 1. The van der Waals surface area contributed by atoms with Crippen molar-refractivity contribution in [3.8, 4) is 0 Å². The second-order valence-corrected chi connectivity index (χ2v) is 10.2. The van der Waals surface area contributed by atoms with Gasteiger partial charge in [0.05, 0.1) is 23.0 Å². The summed E-state index contributed by atoms with van der Waals surface area (Å²) in [4.78, 5) is 21.6. The highest BCUT2D eigenvalue weighted by atomic mass is 32.2. The van der Waals surface area contributed by atoms with Crippen LogP contribution in [0.4, 0.5) is 5.82 Å². The highest BCUT2D eigenvalue weighted by molar-refractivity contribution is 7.90. The van der Waals surface area contributed by atoms with Crippen LogP contribution in [0.5, 0.6) is 0 Å². The van der Waals surface area contributed by atoms with Gasteiger partial charge >= 0.3 is 0 Å². The number of rotatable bonds is 6. The first-order chi connectivity index (χ1) is 14.0. The molecule has 0 unspecified atom stereocenters. The number of carbonyl (C=O) groups is 1. The molecule has 0 atom stereocenters. The number of sulfone groups is 1. The van der Waals surface area contributed by atoms with E-state index in [1.807, 2.05) is 6.08 Å². The Labute approximate surface area is 177 Å². The van der Waals surface area contributed by atoms with Gasteiger partial charge in [0.15, 0.2) is 15.7 Å². The largest absolute Gasteiger partial charge is 0.384 e. The van der Waals surface area contributed by atoms with Crippen molar-refractivity contribution in [2.45, 2.75) is 50.0 Å². The fourth-order valence-corrected chi connectivity index (χ4v) is 4.07. The molecule has 1 saturated carbocycles. The summed E-state index contributed by atoms with van der Waals surface area (Å²) in [6, 6.07) is 6.33. The van der Waals surface area contributed by atoms with E-state index in [1.54, 1.807) is 26.0 Å².